The van der Waals surface area contributed by atoms with Crippen LogP contribution in [0.5, 0.6) is 0 Å². The van der Waals surface area contributed by atoms with Gasteiger partial charge in [-0.25, -0.2) is 0 Å². The lowest BCUT2D eigenvalue weighted by Gasteiger charge is -2.54. The number of carboxylic acid groups (broad SMARTS) is 2. The summed E-state index contributed by atoms with van der Waals surface area (Å²) in [6.07, 6.45) is 6.58. The summed E-state index contributed by atoms with van der Waals surface area (Å²) >= 11 is 0. The molecule has 0 spiro atoms. The average Bonchev–Trinajstić information content (AvgIpc) is 2.98. The highest BCUT2D eigenvalue weighted by Crippen LogP contribution is 2.66. The predicted molar refractivity (Wildman–Crippen MR) is 120 cm³/mol. The van der Waals surface area contributed by atoms with Gasteiger partial charge in [0.25, 0.3) is 0 Å². The third-order valence-corrected chi connectivity index (χ3v) is 9.27. The molecule has 2 saturated carbocycles. The standard InChI is InChI=1S/C26H32O8/c1-13-10-19-16-5-4-14-11-15(27)6-8-24(14,2)18(16)7-9-25(19,3)26(13,34)22(31)21(30)17(23(32)33)12-20(28)29/h6-8,11,13,16-17,19,21,30,34H,4-5,9-10,12H2,1-3H3,(H,28,29)(H,32,33)/t13-,16?,17?,19?,21?,24-,25-,26-/m0/s1. The zero-order valence-electron chi connectivity index (χ0n) is 19.7. The van der Waals surface area contributed by atoms with Crippen LogP contribution in [-0.2, 0) is 19.2 Å². The Kier molecular flexibility index (Phi) is 5.76. The number of allylic oxidation sites excluding steroid dienone is 6. The maximum absolute atomic E-state index is 13.5. The van der Waals surface area contributed by atoms with Crippen LogP contribution in [0.25, 0.3) is 0 Å². The summed E-state index contributed by atoms with van der Waals surface area (Å²) in [5, 5.41) is 41.1. The number of carbonyl (C=O) groups is 4. The molecule has 34 heavy (non-hydrogen) atoms. The number of fused-ring (bicyclic) bond motifs is 5. The Morgan fingerprint density at radius 3 is 2.50 bits per heavy atom. The summed E-state index contributed by atoms with van der Waals surface area (Å²) in [6, 6.07) is 0. The van der Waals surface area contributed by atoms with Crippen LogP contribution in [0.1, 0.15) is 52.9 Å². The molecule has 8 nitrogen and oxygen atoms in total. The molecule has 0 amide bonds. The Hall–Kier alpha value is -2.58. The summed E-state index contributed by atoms with van der Waals surface area (Å²) in [7, 11) is 0. The Balaban J connectivity index is 1.71. The van der Waals surface area contributed by atoms with E-state index in [9.17, 15) is 34.5 Å². The van der Waals surface area contributed by atoms with Crippen molar-refractivity contribution in [3.05, 3.63) is 35.5 Å². The second-order valence-electron chi connectivity index (χ2n) is 10.9. The van der Waals surface area contributed by atoms with Crippen LogP contribution in [0.3, 0.4) is 0 Å². The molecular formula is C26H32O8. The van der Waals surface area contributed by atoms with Crippen molar-refractivity contribution >= 4 is 23.5 Å². The van der Waals surface area contributed by atoms with E-state index in [-0.39, 0.29) is 23.0 Å². The van der Waals surface area contributed by atoms with Gasteiger partial charge in [-0.3, -0.25) is 19.2 Å². The van der Waals surface area contributed by atoms with Crippen molar-refractivity contribution in [2.75, 3.05) is 0 Å². The number of aliphatic hydroxyl groups excluding tert-OH is 1. The van der Waals surface area contributed by atoms with Crippen molar-refractivity contribution in [3.8, 4) is 0 Å². The molecule has 4 N–H and O–H groups in total. The van der Waals surface area contributed by atoms with E-state index in [0.29, 0.717) is 12.8 Å². The average molecular weight is 473 g/mol. The summed E-state index contributed by atoms with van der Waals surface area (Å²) in [6.45, 7) is 5.64. The minimum absolute atomic E-state index is 0.0232. The van der Waals surface area contributed by atoms with E-state index in [4.69, 9.17) is 5.11 Å². The van der Waals surface area contributed by atoms with E-state index >= 15 is 0 Å². The maximum Gasteiger partial charge on any atom is 0.310 e. The number of Topliss-reactive ketones (excluding diaryl/α,β-unsaturated/α-hetero) is 1. The third-order valence-electron chi connectivity index (χ3n) is 9.27. The lowest BCUT2D eigenvalue weighted by molar-refractivity contribution is -0.174. The quantitative estimate of drug-likeness (QED) is 0.430. The first-order chi connectivity index (χ1) is 15.8. The van der Waals surface area contributed by atoms with E-state index in [2.05, 4.69) is 6.92 Å². The minimum atomic E-state index is -2.13. The largest absolute Gasteiger partial charge is 0.481 e. The van der Waals surface area contributed by atoms with Gasteiger partial charge in [-0.05, 0) is 62.5 Å². The first-order valence-corrected chi connectivity index (χ1v) is 11.8. The first-order valence-electron chi connectivity index (χ1n) is 11.8. The Morgan fingerprint density at radius 2 is 1.88 bits per heavy atom. The highest BCUT2D eigenvalue weighted by atomic mass is 16.4. The van der Waals surface area contributed by atoms with Crippen molar-refractivity contribution in [3.63, 3.8) is 0 Å². The van der Waals surface area contributed by atoms with Crippen LogP contribution in [-0.4, -0.2) is 55.6 Å². The molecule has 4 rings (SSSR count). The maximum atomic E-state index is 13.5. The van der Waals surface area contributed by atoms with Crippen LogP contribution in [0, 0.1) is 34.5 Å². The van der Waals surface area contributed by atoms with Crippen molar-refractivity contribution < 1.29 is 39.6 Å². The Labute approximate surface area is 198 Å². The van der Waals surface area contributed by atoms with Gasteiger partial charge in [0.15, 0.2) is 11.6 Å². The highest BCUT2D eigenvalue weighted by molar-refractivity contribution is 6.01. The molecule has 0 aromatic rings. The number of carbonyl (C=O) groups excluding carboxylic acids is 2. The van der Waals surface area contributed by atoms with Crippen LogP contribution >= 0.6 is 0 Å². The Bertz CT molecular complexity index is 1050. The highest BCUT2D eigenvalue weighted by Gasteiger charge is 2.68. The monoisotopic (exact) mass is 472 g/mol. The molecule has 0 aliphatic heterocycles. The van der Waals surface area contributed by atoms with Gasteiger partial charge >= 0.3 is 11.9 Å². The van der Waals surface area contributed by atoms with Gasteiger partial charge in [0.2, 0.25) is 0 Å². The molecule has 0 bridgehead atoms. The summed E-state index contributed by atoms with van der Waals surface area (Å²) in [5.74, 6) is -6.49. The number of rotatable bonds is 6. The van der Waals surface area contributed by atoms with Crippen molar-refractivity contribution in [1.82, 2.24) is 0 Å². The van der Waals surface area contributed by atoms with Gasteiger partial charge in [0.1, 0.15) is 17.6 Å². The van der Waals surface area contributed by atoms with Gasteiger partial charge in [-0.2, -0.15) is 0 Å². The number of aliphatic carboxylic acids is 2. The normalized spacial score (nSPS) is 40.3. The fourth-order valence-electron chi connectivity index (χ4n) is 7.32. The van der Waals surface area contributed by atoms with E-state index in [0.717, 1.165) is 18.4 Å². The fourth-order valence-corrected chi connectivity index (χ4v) is 7.32. The van der Waals surface area contributed by atoms with E-state index in [1.165, 1.54) is 5.57 Å². The number of hydrogen-bond donors (Lipinski definition) is 4. The number of hydrogen-bond acceptors (Lipinski definition) is 6. The molecule has 0 aromatic carbocycles. The molecule has 0 saturated heterocycles. The second-order valence-corrected chi connectivity index (χ2v) is 10.9. The van der Waals surface area contributed by atoms with Crippen molar-refractivity contribution in [2.45, 2.75) is 64.6 Å². The molecule has 4 aliphatic rings. The molecule has 0 aromatic heterocycles. The van der Waals surface area contributed by atoms with E-state index in [1.807, 2.05) is 19.1 Å². The van der Waals surface area contributed by atoms with E-state index < -0.39 is 53.1 Å². The molecule has 0 radical (unpaired) electrons. The van der Waals surface area contributed by atoms with Gasteiger partial charge in [0, 0.05) is 10.8 Å². The third kappa shape index (κ3) is 3.26. The molecule has 8 atom stereocenters. The van der Waals surface area contributed by atoms with Crippen LogP contribution in [0.15, 0.2) is 35.5 Å². The molecular weight excluding hydrogens is 440 g/mol. The van der Waals surface area contributed by atoms with Crippen LogP contribution in [0.4, 0.5) is 0 Å². The molecule has 8 heteroatoms. The molecule has 2 fully saturated rings. The second kappa shape index (κ2) is 7.99. The number of carboxylic acids is 2. The van der Waals surface area contributed by atoms with Gasteiger partial charge in [-0.1, -0.05) is 37.1 Å². The molecule has 4 aliphatic carbocycles. The topological polar surface area (TPSA) is 149 Å². The van der Waals surface area contributed by atoms with Crippen molar-refractivity contribution in [1.29, 1.82) is 0 Å². The SMILES string of the molecule is C[C@H]1CC2C3CCC4=CC(=O)C=C[C@]4(C)C3=CC[C@]2(C)[C@@]1(O)C(=O)C(O)C(CC(=O)O)C(=O)O. The van der Waals surface area contributed by atoms with Gasteiger partial charge in [0.05, 0.1) is 6.42 Å². The first kappa shape index (κ1) is 24.5. The summed E-state index contributed by atoms with van der Waals surface area (Å²) in [5.41, 5.74) is -1.09. The molecule has 184 valence electrons. The predicted octanol–water partition coefficient (Wildman–Crippen LogP) is 2.30. The van der Waals surface area contributed by atoms with Crippen molar-refractivity contribution in [2.24, 2.45) is 34.5 Å². The number of ketones is 2. The zero-order valence-corrected chi connectivity index (χ0v) is 19.7. The number of aliphatic hydroxyl groups is 2. The smallest absolute Gasteiger partial charge is 0.310 e. The lowest BCUT2D eigenvalue weighted by atomic mass is 9.51. The molecule has 0 heterocycles. The zero-order chi connectivity index (χ0) is 25.2. The Morgan fingerprint density at radius 1 is 1.21 bits per heavy atom. The summed E-state index contributed by atoms with van der Waals surface area (Å²) in [4.78, 5) is 48.2. The van der Waals surface area contributed by atoms with Crippen LogP contribution in [0.2, 0.25) is 0 Å². The summed E-state index contributed by atoms with van der Waals surface area (Å²) < 4.78 is 0. The van der Waals surface area contributed by atoms with E-state index in [1.54, 1.807) is 19.1 Å². The van der Waals surface area contributed by atoms with Gasteiger partial charge < -0.3 is 20.4 Å². The minimum Gasteiger partial charge on any atom is -0.481 e. The van der Waals surface area contributed by atoms with Gasteiger partial charge in [-0.15, -0.1) is 0 Å². The van der Waals surface area contributed by atoms with Crippen LogP contribution < -0.4 is 0 Å². The lowest BCUT2D eigenvalue weighted by Crippen LogP contribution is -2.60. The fraction of sp³-hybridized carbons (Fsp3) is 0.615. The molecule has 4 unspecified atom stereocenters.